The number of ether oxygens (including phenoxy) is 1. The smallest absolute Gasteiger partial charge is 0.170 e. The molecule has 2 aliphatic rings. The van der Waals surface area contributed by atoms with Gasteiger partial charge in [0.15, 0.2) is 5.11 Å². The molecule has 2 aromatic heterocycles. The number of nitrogens with zero attached hydrogens (tertiary/aromatic N) is 4. The maximum absolute atomic E-state index is 5.90. The molecule has 0 saturated carbocycles. The minimum absolute atomic E-state index is 0.00445. The molecule has 184 valence electrons. The Balaban J connectivity index is 1.51. The van der Waals surface area contributed by atoms with Gasteiger partial charge in [-0.1, -0.05) is 25.1 Å². The van der Waals surface area contributed by atoms with Crippen LogP contribution in [0.5, 0.6) is 0 Å². The van der Waals surface area contributed by atoms with Crippen LogP contribution in [0.2, 0.25) is 0 Å². The zero-order valence-corrected chi connectivity index (χ0v) is 21.7. The van der Waals surface area contributed by atoms with Gasteiger partial charge in [-0.3, -0.25) is 9.88 Å². The number of hydrogen-bond donors (Lipinski definition) is 1. The zero-order valence-electron chi connectivity index (χ0n) is 20.9. The number of thiocarbonyl (C=S) groups is 1. The van der Waals surface area contributed by atoms with E-state index in [9.17, 15) is 0 Å². The summed E-state index contributed by atoms with van der Waals surface area (Å²) >= 11 is 5.90. The molecule has 6 nitrogen and oxygen atoms in total. The van der Waals surface area contributed by atoms with Crippen LogP contribution in [-0.4, -0.2) is 63.9 Å². The summed E-state index contributed by atoms with van der Waals surface area (Å²) in [4.78, 5) is 9.55. The van der Waals surface area contributed by atoms with E-state index in [1.54, 1.807) is 0 Å². The third kappa shape index (κ3) is 4.85. The highest BCUT2D eigenvalue weighted by Gasteiger charge is 2.41. The summed E-state index contributed by atoms with van der Waals surface area (Å²) in [7, 11) is 0. The van der Waals surface area contributed by atoms with Crippen LogP contribution in [0.15, 0.2) is 54.7 Å². The van der Waals surface area contributed by atoms with E-state index in [0.29, 0.717) is 0 Å². The van der Waals surface area contributed by atoms with Crippen LogP contribution in [0, 0.1) is 13.8 Å². The lowest BCUT2D eigenvalue weighted by Gasteiger charge is -2.32. The second-order valence-electron chi connectivity index (χ2n) is 9.46. The summed E-state index contributed by atoms with van der Waals surface area (Å²) in [6.07, 6.45) is 2.91. The van der Waals surface area contributed by atoms with E-state index in [-0.39, 0.29) is 12.1 Å². The summed E-state index contributed by atoms with van der Waals surface area (Å²) in [6.45, 7) is 12.0. The van der Waals surface area contributed by atoms with Crippen LogP contribution in [0.25, 0.3) is 5.69 Å². The molecule has 1 aromatic carbocycles. The van der Waals surface area contributed by atoms with E-state index in [1.807, 2.05) is 12.3 Å². The van der Waals surface area contributed by atoms with Crippen LogP contribution < -0.4 is 5.32 Å². The number of morpholine rings is 1. The highest BCUT2D eigenvalue weighted by molar-refractivity contribution is 7.80. The summed E-state index contributed by atoms with van der Waals surface area (Å²) in [5.41, 5.74) is 7.35. The van der Waals surface area contributed by atoms with Gasteiger partial charge in [-0.25, -0.2) is 0 Å². The van der Waals surface area contributed by atoms with Gasteiger partial charge in [0.2, 0.25) is 0 Å². The monoisotopic (exact) mass is 489 g/mol. The molecule has 0 amide bonds. The molecule has 2 saturated heterocycles. The maximum Gasteiger partial charge on any atom is 0.170 e. The Bertz CT molecular complexity index is 1150. The molecule has 0 bridgehead atoms. The largest absolute Gasteiger partial charge is 0.379 e. The number of nitrogens with one attached hydrogen (secondary N) is 1. The summed E-state index contributed by atoms with van der Waals surface area (Å²) in [5, 5.41) is 4.41. The second-order valence-corrected chi connectivity index (χ2v) is 9.84. The maximum atomic E-state index is 5.90. The molecule has 1 N–H and O–H groups in total. The number of benzene rings is 1. The summed E-state index contributed by atoms with van der Waals surface area (Å²) in [6, 6.07) is 17.4. The molecular formula is C28H35N5OS. The first-order valence-corrected chi connectivity index (χ1v) is 13.0. The van der Waals surface area contributed by atoms with Gasteiger partial charge in [0.25, 0.3) is 0 Å². The van der Waals surface area contributed by atoms with Crippen molar-refractivity contribution in [3.8, 4) is 5.69 Å². The molecule has 0 aliphatic carbocycles. The predicted molar refractivity (Wildman–Crippen MR) is 144 cm³/mol. The Kier molecular flexibility index (Phi) is 7.18. The highest BCUT2D eigenvalue weighted by Crippen LogP contribution is 2.41. The van der Waals surface area contributed by atoms with Crippen molar-refractivity contribution in [3.05, 3.63) is 82.9 Å². The van der Waals surface area contributed by atoms with Gasteiger partial charge in [0.1, 0.15) is 0 Å². The first-order chi connectivity index (χ1) is 17.1. The topological polar surface area (TPSA) is 45.6 Å². The highest BCUT2D eigenvalue weighted by atomic mass is 32.1. The number of rotatable bonds is 7. The van der Waals surface area contributed by atoms with Crippen LogP contribution in [0.1, 0.15) is 47.2 Å². The van der Waals surface area contributed by atoms with Crippen molar-refractivity contribution in [1.29, 1.82) is 0 Å². The standard InChI is InChI=1S/C28H35N5OS/c1-4-22-8-10-23(11-9-22)33-20(2)19-24(21(33)3)27-26(25-7-5-6-12-29-25)30-28(35)32(27)14-13-31-15-17-34-18-16-31/h5-12,19,26-27H,4,13-18H2,1-3H3,(H,30,35)/t26-,27+/m1/s1. The Morgan fingerprint density at radius 2 is 1.83 bits per heavy atom. The Morgan fingerprint density at radius 1 is 1.06 bits per heavy atom. The minimum atomic E-state index is 0.00445. The fraction of sp³-hybridized carbons (Fsp3) is 0.429. The molecular weight excluding hydrogens is 454 g/mol. The van der Waals surface area contributed by atoms with Gasteiger partial charge in [-0.2, -0.15) is 0 Å². The zero-order chi connectivity index (χ0) is 24.4. The molecule has 0 spiro atoms. The van der Waals surface area contributed by atoms with Crippen molar-refractivity contribution in [1.82, 2.24) is 24.7 Å². The molecule has 3 aromatic rings. The van der Waals surface area contributed by atoms with Crippen LogP contribution in [0.4, 0.5) is 0 Å². The van der Waals surface area contributed by atoms with E-state index < -0.39 is 0 Å². The third-order valence-corrected chi connectivity index (χ3v) is 7.70. The predicted octanol–water partition coefficient (Wildman–Crippen LogP) is 4.36. The van der Waals surface area contributed by atoms with Gasteiger partial charge < -0.3 is 19.5 Å². The molecule has 0 unspecified atom stereocenters. The first-order valence-electron chi connectivity index (χ1n) is 12.6. The second kappa shape index (κ2) is 10.5. The first kappa shape index (κ1) is 24.0. The molecule has 2 fully saturated rings. The lowest BCUT2D eigenvalue weighted by atomic mass is 9.96. The van der Waals surface area contributed by atoms with E-state index in [2.05, 4.69) is 82.9 Å². The van der Waals surface area contributed by atoms with Crippen LogP contribution >= 0.6 is 12.2 Å². The van der Waals surface area contributed by atoms with Crippen molar-refractivity contribution in [2.24, 2.45) is 0 Å². The molecule has 0 radical (unpaired) electrons. The average Bonchev–Trinajstić information content (AvgIpc) is 3.38. The molecule has 5 rings (SSSR count). The number of hydrogen-bond acceptors (Lipinski definition) is 4. The van der Waals surface area contributed by atoms with Crippen molar-refractivity contribution < 1.29 is 4.74 Å². The minimum Gasteiger partial charge on any atom is -0.379 e. The molecule has 2 atom stereocenters. The number of pyridine rings is 1. The SMILES string of the molecule is CCc1ccc(-n2c(C)cc([C@H]3[C@@H](c4ccccn4)NC(=S)N3CCN3CCOCC3)c2C)cc1. The normalized spacial score (nSPS) is 20.9. The number of aryl methyl sites for hydroxylation is 2. The van der Waals surface area contributed by atoms with E-state index in [4.69, 9.17) is 21.9 Å². The third-order valence-electron chi connectivity index (χ3n) is 7.35. The quantitative estimate of drug-likeness (QED) is 0.498. The van der Waals surface area contributed by atoms with Gasteiger partial charge in [0.05, 0.1) is 31.0 Å². The Hall–Kier alpha value is -2.74. The Labute approximate surface area is 213 Å². The van der Waals surface area contributed by atoms with Gasteiger partial charge in [0, 0.05) is 49.5 Å². The van der Waals surface area contributed by atoms with Gasteiger partial charge in [-0.05, 0) is 73.9 Å². The van der Waals surface area contributed by atoms with Crippen molar-refractivity contribution in [2.45, 2.75) is 39.3 Å². The lowest BCUT2D eigenvalue weighted by Crippen LogP contribution is -2.42. The average molecular weight is 490 g/mol. The fourth-order valence-electron chi connectivity index (χ4n) is 5.42. The molecule has 2 aliphatic heterocycles. The van der Waals surface area contributed by atoms with Crippen molar-refractivity contribution in [3.63, 3.8) is 0 Å². The van der Waals surface area contributed by atoms with E-state index in [0.717, 1.165) is 56.6 Å². The molecule has 4 heterocycles. The van der Waals surface area contributed by atoms with Crippen molar-refractivity contribution in [2.75, 3.05) is 39.4 Å². The Morgan fingerprint density at radius 3 is 2.51 bits per heavy atom. The lowest BCUT2D eigenvalue weighted by molar-refractivity contribution is 0.0350. The van der Waals surface area contributed by atoms with Gasteiger partial charge >= 0.3 is 0 Å². The number of aromatic nitrogens is 2. The summed E-state index contributed by atoms with van der Waals surface area (Å²) in [5.74, 6) is 0. The summed E-state index contributed by atoms with van der Waals surface area (Å²) < 4.78 is 7.91. The van der Waals surface area contributed by atoms with E-state index in [1.165, 1.54) is 28.2 Å². The molecule has 7 heteroatoms. The van der Waals surface area contributed by atoms with Crippen LogP contribution in [-0.2, 0) is 11.2 Å². The molecule has 35 heavy (non-hydrogen) atoms. The van der Waals surface area contributed by atoms with E-state index >= 15 is 0 Å². The fourth-order valence-corrected chi connectivity index (χ4v) is 5.76. The van der Waals surface area contributed by atoms with Crippen LogP contribution in [0.3, 0.4) is 0 Å². The van der Waals surface area contributed by atoms with Crippen molar-refractivity contribution >= 4 is 17.3 Å². The van der Waals surface area contributed by atoms with Gasteiger partial charge in [-0.15, -0.1) is 0 Å².